The molecule has 1 N–H and O–H groups in total. The van der Waals surface area contributed by atoms with Crippen molar-refractivity contribution in [3.8, 4) is 0 Å². The first-order valence-electron chi connectivity index (χ1n) is 8.61. The smallest absolute Gasteiger partial charge is 0.247 e. The number of hydrogen-bond acceptors (Lipinski definition) is 5. The first-order valence-corrected chi connectivity index (χ1v) is 8.61. The summed E-state index contributed by atoms with van der Waals surface area (Å²) in [4.78, 5) is 25.5. The van der Waals surface area contributed by atoms with E-state index in [1.807, 2.05) is 25.1 Å². The number of aryl methyl sites for hydroxylation is 1. The van der Waals surface area contributed by atoms with Gasteiger partial charge >= 0.3 is 0 Å². The topological polar surface area (TPSA) is 61.4 Å². The predicted molar refractivity (Wildman–Crippen MR) is 102 cm³/mol. The Morgan fingerprint density at radius 1 is 1.32 bits per heavy atom. The van der Waals surface area contributed by atoms with E-state index in [0.717, 1.165) is 54.2 Å². The zero-order valence-electron chi connectivity index (χ0n) is 15.1. The lowest BCUT2D eigenvalue weighted by molar-refractivity contribution is -0.111. The van der Waals surface area contributed by atoms with Gasteiger partial charge in [0.1, 0.15) is 0 Å². The molecule has 0 aliphatic carbocycles. The zero-order chi connectivity index (χ0) is 18.0. The normalized spacial score (nSPS) is 15.6. The average Bonchev–Trinajstić information content (AvgIpc) is 2.62. The molecular weight excluding hydrogens is 314 g/mol. The molecule has 0 saturated carbocycles. The molecule has 2 heterocycles. The number of carbonyl (C=O) groups is 1. The molecule has 132 valence electrons. The minimum Gasteiger partial charge on any atom is -0.341 e. The molecule has 1 aromatic carbocycles. The summed E-state index contributed by atoms with van der Waals surface area (Å²) in [6, 6.07) is 6.33. The molecule has 1 aliphatic rings. The summed E-state index contributed by atoms with van der Waals surface area (Å²) in [5.41, 5.74) is 2.54. The second-order valence-electron chi connectivity index (χ2n) is 6.72. The number of amides is 1. The van der Waals surface area contributed by atoms with Crippen molar-refractivity contribution in [3.05, 3.63) is 36.5 Å². The number of nitrogens with zero attached hydrogens (tertiary/aromatic N) is 4. The van der Waals surface area contributed by atoms with E-state index in [9.17, 15) is 4.79 Å². The highest BCUT2D eigenvalue weighted by Crippen LogP contribution is 2.25. The molecular formula is C19H25N5O. The van der Waals surface area contributed by atoms with Gasteiger partial charge in [-0.05, 0) is 58.1 Å². The molecule has 1 amide bonds. The lowest BCUT2D eigenvalue weighted by atomic mass is 10.0. The second kappa shape index (κ2) is 7.19. The van der Waals surface area contributed by atoms with Crippen LogP contribution < -0.4 is 10.2 Å². The Morgan fingerprint density at radius 2 is 2.04 bits per heavy atom. The highest BCUT2D eigenvalue weighted by Gasteiger charge is 2.22. The summed E-state index contributed by atoms with van der Waals surface area (Å²) in [5, 5.41) is 3.73. The van der Waals surface area contributed by atoms with Gasteiger partial charge in [0, 0.05) is 30.2 Å². The number of piperidine rings is 1. The first-order chi connectivity index (χ1) is 12.0. The fraction of sp³-hybridized carbons (Fsp3) is 0.421. The number of anilines is 2. The zero-order valence-corrected chi connectivity index (χ0v) is 15.1. The highest BCUT2D eigenvalue weighted by atomic mass is 16.1. The molecule has 0 spiro atoms. The fourth-order valence-corrected chi connectivity index (χ4v) is 3.26. The number of fused-ring (bicyclic) bond motifs is 1. The van der Waals surface area contributed by atoms with Gasteiger partial charge < -0.3 is 15.1 Å². The van der Waals surface area contributed by atoms with Crippen LogP contribution in [0.25, 0.3) is 10.9 Å². The van der Waals surface area contributed by atoms with E-state index in [-0.39, 0.29) is 5.91 Å². The van der Waals surface area contributed by atoms with Crippen LogP contribution in [0.15, 0.2) is 30.9 Å². The molecule has 25 heavy (non-hydrogen) atoms. The van der Waals surface area contributed by atoms with E-state index in [2.05, 4.69) is 35.8 Å². The monoisotopic (exact) mass is 339 g/mol. The Balaban J connectivity index is 1.83. The summed E-state index contributed by atoms with van der Waals surface area (Å²) >= 11 is 0. The largest absolute Gasteiger partial charge is 0.341 e. The van der Waals surface area contributed by atoms with Crippen LogP contribution in [0.3, 0.4) is 0 Å². The van der Waals surface area contributed by atoms with Crippen molar-refractivity contribution in [2.45, 2.75) is 25.8 Å². The Morgan fingerprint density at radius 3 is 2.68 bits per heavy atom. The Kier molecular flexibility index (Phi) is 4.99. The number of benzene rings is 1. The third-order valence-corrected chi connectivity index (χ3v) is 4.81. The maximum Gasteiger partial charge on any atom is 0.247 e. The molecule has 0 bridgehead atoms. The van der Waals surface area contributed by atoms with Gasteiger partial charge in [-0.15, -0.1) is 0 Å². The SMILES string of the molecule is C=CC(=O)Nc1ccc2nc(N3CCC(N(C)C)CC3)nc(C)c2c1. The van der Waals surface area contributed by atoms with Gasteiger partial charge in [-0.2, -0.15) is 0 Å². The number of aromatic nitrogens is 2. The van der Waals surface area contributed by atoms with Crippen molar-refractivity contribution in [2.24, 2.45) is 0 Å². The lowest BCUT2D eigenvalue weighted by Crippen LogP contribution is -2.42. The number of nitrogens with one attached hydrogen (secondary N) is 1. The van der Waals surface area contributed by atoms with Crippen molar-refractivity contribution < 1.29 is 4.79 Å². The van der Waals surface area contributed by atoms with Gasteiger partial charge in [0.2, 0.25) is 11.9 Å². The molecule has 1 aliphatic heterocycles. The van der Waals surface area contributed by atoms with E-state index in [0.29, 0.717) is 6.04 Å². The quantitative estimate of drug-likeness (QED) is 0.868. The van der Waals surface area contributed by atoms with E-state index in [1.54, 1.807) is 0 Å². The summed E-state index contributed by atoms with van der Waals surface area (Å²) in [6.45, 7) is 7.40. The van der Waals surface area contributed by atoms with Crippen molar-refractivity contribution in [1.29, 1.82) is 0 Å². The van der Waals surface area contributed by atoms with Crippen LogP contribution in [0.2, 0.25) is 0 Å². The third kappa shape index (κ3) is 3.79. The molecule has 6 heteroatoms. The van der Waals surface area contributed by atoms with Gasteiger partial charge in [0.15, 0.2) is 0 Å². The molecule has 1 aromatic heterocycles. The lowest BCUT2D eigenvalue weighted by Gasteiger charge is -2.35. The van der Waals surface area contributed by atoms with Crippen LogP contribution in [0, 0.1) is 6.92 Å². The summed E-state index contributed by atoms with van der Waals surface area (Å²) in [6.07, 6.45) is 3.51. The Hall–Kier alpha value is -2.47. The van der Waals surface area contributed by atoms with Crippen LogP contribution >= 0.6 is 0 Å². The summed E-state index contributed by atoms with van der Waals surface area (Å²) < 4.78 is 0. The van der Waals surface area contributed by atoms with E-state index in [4.69, 9.17) is 9.97 Å². The van der Waals surface area contributed by atoms with E-state index in [1.165, 1.54) is 6.08 Å². The van der Waals surface area contributed by atoms with Crippen molar-refractivity contribution in [1.82, 2.24) is 14.9 Å². The van der Waals surface area contributed by atoms with Crippen LogP contribution in [0.4, 0.5) is 11.6 Å². The van der Waals surface area contributed by atoms with Crippen LogP contribution in [-0.2, 0) is 4.79 Å². The van der Waals surface area contributed by atoms with Gasteiger partial charge in [0.25, 0.3) is 0 Å². The first kappa shape index (κ1) is 17.4. The summed E-state index contributed by atoms with van der Waals surface area (Å²) in [7, 11) is 4.28. The van der Waals surface area contributed by atoms with Gasteiger partial charge in [-0.3, -0.25) is 4.79 Å². The molecule has 2 aromatic rings. The molecule has 3 rings (SSSR count). The summed E-state index contributed by atoms with van der Waals surface area (Å²) in [5.74, 6) is 0.573. The van der Waals surface area contributed by atoms with Crippen LogP contribution in [-0.4, -0.2) is 54.0 Å². The highest BCUT2D eigenvalue weighted by molar-refractivity contribution is 6.00. The standard InChI is InChI=1S/C19H25N5O/c1-5-18(25)21-14-6-7-17-16(12-14)13(2)20-19(22-17)24-10-8-15(9-11-24)23(3)4/h5-7,12,15H,1,8-11H2,2-4H3,(H,21,25). The van der Waals surface area contributed by atoms with Crippen molar-refractivity contribution in [3.63, 3.8) is 0 Å². The third-order valence-electron chi connectivity index (χ3n) is 4.81. The number of carbonyl (C=O) groups excluding carboxylic acids is 1. The van der Waals surface area contributed by atoms with Gasteiger partial charge in [-0.1, -0.05) is 6.58 Å². The van der Waals surface area contributed by atoms with Crippen molar-refractivity contribution in [2.75, 3.05) is 37.4 Å². The van der Waals surface area contributed by atoms with Gasteiger partial charge in [0.05, 0.1) is 11.2 Å². The molecule has 0 atom stereocenters. The maximum absolute atomic E-state index is 11.5. The maximum atomic E-state index is 11.5. The Labute approximate surface area is 148 Å². The molecule has 1 fully saturated rings. The average molecular weight is 339 g/mol. The number of hydrogen-bond donors (Lipinski definition) is 1. The molecule has 0 unspecified atom stereocenters. The predicted octanol–water partition coefficient (Wildman–Crippen LogP) is 2.59. The van der Waals surface area contributed by atoms with Crippen LogP contribution in [0.1, 0.15) is 18.5 Å². The van der Waals surface area contributed by atoms with E-state index >= 15 is 0 Å². The van der Waals surface area contributed by atoms with Crippen molar-refractivity contribution >= 4 is 28.4 Å². The molecule has 0 radical (unpaired) electrons. The van der Waals surface area contributed by atoms with Gasteiger partial charge in [-0.25, -0.2) is 9.97 Å². The van der Waals surface area contributed by atoms with Crippen LogP contribution in [0.5, 0.6) is 0 Å². The molecule has 6 nitrogen and oxygen atoms in total. The fourth-order valence-electron chi connectivity index (χ4n) is 3.26. The minimum atomic E-state index is -0.224. The Bertz CT molecular complexity index is 794. The second-order valence-corrected chi connectivity index (χ2v) is 6.72. The number of rotatable bonds is 4. The molecule has 1 saturated heterocycles. The van der Waals surface area contributed by atoms with E-state index < -0.39 is 0 Å². The minimum absolute atomic E-state index is 0.224.